The molecule has 152 valence electrons. The number of carbonyl (C=O) groups is 2. The minimum atomic E-state index is -3.75. The second-order valence-electron chi connectivity index (χ2n) is 6.34. The number of hydrogen-bond acceptors (Lipinski definition) is 6. The minimum Gasteiger partial charge on any atom is -0.465 e. The van der Waals surface area contributed by atoms with E-state index in [1.807, 2.05) is 0 Å². The van der Waals surface area contributed by atoms with Gasteiger partial charge in [-0.3, -0.25) is 9.52 Å². The van der Waals surface area contributed by atoms with Gasteiger partial charge >= 0.3 is 5.97 Å². The van der Waals surface area contributed by atoms with Crippen molar-refractivity contribution in [3.63, 3.8) is 0 Å². The normalized spacial score (nSPS) is 11.2. The molecule has 3 aromatic rings. The van der Waals surface area contributed by atoms with Gasteiger partial charge in [0, 0.05) is 23.9 Å². The van der Waals surface area contributed by atoms with Gasteiger partial charge in [-0.25, -0.2) is 13.2 Å². The van der Waals surface area contributed by atoms with Crippen molar-refractivity contribution < 1.29 is 22.7 Å². The van der Waals surface area contributed by atoms with Crippen molar-refractivity contribution in [1.82, 2.24) is 5.32 Å². The van der Waals surface area contributed by atoms with E-state index in [4.69, 9.17) is 4.74 Å². The van der Waals surface area contributed by atoms with Crippen LogP contribution in [0.2, 0.25) is 0 Å². The molecule has 0 unspecified atom stereocenters. The summed E-state index contributed by atoms with van der Waals surface area (Å²) in [5.41, 5.74) is 1.33. The van der Waals surface area contributed by atoms with E-state index in [0.717, 1.165) is 15.6 Å². The SMILES string of the molecule is COC(=O)c1cc2cc(NS(=O)(=O)c3ccc(CCNC(C)=O)cc3)ccc2s1. The largest absolute Gasteiger partial charge is 0.465 e. The fraction of sp³-hybridized carbons (Fsp3) is 0.200. The molecule has 1 amide bonds. The molecule has 7 nitrogen and oxygen atoms in total. The number of anilines is 1. The van der Waals surface area contributed by atoms with Gasteiger partial charge in [0.2, 0.25) is 5.91 Å². The average Bonchev–Trinajstić information content (AvgIpc) is 3.10. The molecule has 0 atom stereocenters. The summed E-state index contributed by atoms with van der Waals surface area (Å²) in [4.78, 5) is 23.2. The van der Waals surface area contributed by atoms with E-state index in [-0.39, 0.29) is 10.8 Å². The number of sulfonamides is 1. The number of esters is 1. The summed E-state index contributed by atoms with van der Waals surface area (Å²) in [6.45, 7) is 1.94. The summed E-state index contributed by atoms with van der Waals surface area (Å²) in [6.07, 6.45) is 0.616. The Hall–Kier alpha value is -2.91. The van der Waals surface area contributed by atoms with Gasteiger partial charge in [0.05, 0.1) is 12.0 Å². The molecule has 2 aromatic carbocycles. The summed E-state index contributed by atoms with van der Waals surface area (Å²) in [7, 11) is -2.44. The molecule has 0 radical (unpaired) electrons. The predicted molar refractivity (Wildman–Crippen MR) is 113 cm³/mol. The summed E-state index contributed by atoms with van der Waals surface area (Å²) in [5.74, 6) is -0.526. The zero-order chi connectivity index (χ0) is 21.0. The minimum absolute atomic E-state index is 0.102. The third-order valence-corrected chi connectivity index (χ3v) is 6.67. The Morgan fingerprint density at radius 3 is 2.45 bits per heavy atom. The molecule has 29 heavy (non-hydrogen) atoms. The molecule has 0 aliphatic carbocycles. The summed E-state index contributed by atoms with van der Waals surface area (Å²) in [5, 5.41) is 3.45. The molecule has 0 saturated heterocycles. The molecular weight excluding hydrogens is 412 g/mol. The molecule has 0 spiro atoms. The summed E-state index contributed by atoms with van der Waals surface area (Å²) < 4.78 is 33.5. The van der Waals surface area contributed by atoms with Gasteiger partial charge in [-0.1, -0.05) is 12.1 Å². The Morgan fingerprint density at radius 2 is 1.79 bits per heavy atom. The summed E-state index contributed by atoms with van der Waals surface area (Å²) in [6, 6.07) is 13.3. The van der Waals surface area contributed by atoms with E-state index in [1.165, 1.54) is 37.5 Å². The first-order valence-electron chi connectivity index (χ1n) is 8.76. The number of hydrogen-bond donors (Lipinski definition) is 2. The summed E-state index contributed by atoms with van der Waals surface area (Å²) >= 11 is 1.28. The quantitative estimate of drug-likeness (QED) is 0.559. The van der Waals surface area contributed by atoms with Crippen molar-refractivity contribution in [3.8, 4) is 0 Å². The van der Waals surface area contributed by atoms with E-state index in [9.17, 15) is 18.0 Å². The molecule has 0 aliphatic rings. The number of thiophene rings is 1. The van der Waals surface area contributed by atoms with E-state index in [0.29, 0.717) is 23.5 Å². The van der Waals surface area contributed by atoms with Gasteiger partial charge < -0.3 is 10.1 Å². The molecule has 0 bridgehead atoms. The molecule has 0 saturated carbocycles. The van der Waals surface area contributed by atoms with Gasteiger partial charge in [-0.05, 0) is 53.8 Å². The topological polar surface area (TPSA) is 102 Å². The highest BCUT2D eigenvalue weighted by Gasteiger charge is 2.16. The van der Waals surface area contributed by atoms with Crippen LogP contribution in [-0.4, -0.2) is 33.9 Å². The fourth-order valence-corrected chi connectivity index (χ4v) is 4.75. The first kappa shape index (κ1) is 20.8. The number of nitrogens with one attached hydrogen (secondary N) is 2. The van der Waals surface area contributed by atoms with E-state index in [2.05, 4.69) is 10.0 Å². The van der Waals surface area contributed by atoms with E-state index < -0.39 is 16.0 Å². The van der Waals surface area contributed by atoms with E-state index in [1.54, 1.807) is 36.4 Å². The highest BCUT2D eigenvalue weighted by atomic mass is 32.2. The van der Waals surface area contributed by atoms with Gasteiger partial charge in [0.25, 0.3) is 10.0 Å². The molecule has 0 fully saturated rings. The zero-order valence-electron chi connectivity index (χ0n) is 15.9. The molecular formula is C20H20N2O5S2. The Morgan fingerprint density at radius 1 is 1.07 bits per heavy atom. The monoisotopic (exact) mass is 432 g/mol. The maximum atomic E-state index is 12.7. The number of methoxy groups -OCH3 is 1. The predicted octanol–water partition coefficient (Wildman–Crippen LogP) is 3.17. The van der Waals surface area contributed by atoms with Gasteiger partial charge in [0.1, 0.15) is 4.88 Å². The number of benzene rings is 2. The maximum absolute atomic E-state index is 12.7. The molecule has 9 heteroatoms. The van der Waals surface area contributed by atoms with Crippen molar-refractivity contribution in [2.24, 2.45) is 0 Å². The first-order chi connectivity index (χ1) is 13.8. The first-order valence-corrected chi connectivity index (χ1v) is 11.1. The van der Waals surface area contributed by atoms with Crippen LogP contribution >= 0.6 is 11.3 Å². The lowest BCUT2D eigenvalue weighted by atomic mass is 10.1. The van der Waals surface area contributed by atoms with E-state index >= 15 is 0 Å². The molecule has 1 heterocycles. The third-order valence-electron chi connectivity index (χ3n) is 4.18. The van der Waals surface area contributed by atoms with Crippen LogP contribution in [0.25, 0.3) is 10.1 Å². The molecule has 2 N–H and O–H groups in total. The van der Waals surface area contributed by atoms with Crippen LogP contribution < -0.4 is 10.0 Å². The lowest BCUT2D eigenvalue weighted by Crippen LogP contribution is -2.22. The van der Waals surface area contributed by atoms with Crippen molar-refractivity contribution in [1.29, 1.82) is 0 Å². The number of rotatable bonds is 7. The van der Waals surface area contributed by atoms with Crippen molar-refractivity contribution in [2.75, 3.05) is 18.4 Å². The molecule has 1 aromatic heterocycles. The Bertz CT molecular complexity index is 1150. The lowest BCUT2D eigenvalue weighted by Gasteiger charge is -2.09. The van der Waals surface area contributed by atoms with Crippen molar-refractivity contribution in [2.45, 2.75) is 18.2 Å². The van der Waals surface area contributed by atoms with Crippen molar-refractivity contribution >= 4 is 49.0 Å². The maximum Gasteiger partial charge on any atom is 0.348 e. The van der Waals surface area contributed by atoms with Gasteiger partial charge in [-0.2, -0.15) is 0 Å². The Balaban J connectivity index is 1.74. The highest BCUT2D eigenvalue weighted by molar-refractivity contribution is 7.92. The molecule has 0 aliphatic heterocycles. The Labute approximate surface area is 172 Å². The number of ether oxygens (including phenoxy) is 1. The Kier molecular flexibility index (Phi) is 6.19. The van der Waals surface area contributed by atoms with Crippen molar-refractivity contribution in [3.05, 3.63) is 59.0 Å². The number of amides is 1. The fourth-order valence-electron chi connectivity index (χ4n) is 2.74. The van der Waals surface area contributed by atoms with Gasteiger partial charge in [-0.15, -0.1) is 11.3 Å². The van der Waals surface area contributed by atoms with Crippen LogP contribution in [0.1, 0.15) is 22.2 Å². The van der Waals surface area contributed by atoms with Crippen LogP contribution in [-0.2, 0) is 26.0 Å². The lowest BCUT2D eigenvalue weighted by molar-refractivity contribution is -0.118. The van der Waals surface area contributed by atoms with Crippen LogP contribution in [0.5, 0.6) is 0 Å². The zero-order valence-corrected chi connectivity index (χ0v) is 17.5. The molecule has 3 rings (SSSR count). The second-order valence-corrected chi connectivity index (χ2v) is 9.10. The highest BCUT2D eigenvalue weighted by Crippen LogP contribution is 2.29. The average molecular weight is 433 g/mol. The number of carbonyl (C=O) groups excluding carboxylic acids is 2. The van der Waals surface area contributed by atoms with Gasteiger partial charge in [0.15, 0.2) is 0 Å². The number of fused-ring (bicyclic) bond motifs is 1. The van der Waals surface area contributed by atoms with Crippen LogP contribution in [0.4, 0.5) is 5.69 Å². The van der Waals surface area contributed by atoms with Crippen LogP contribution in [0.15, 0.2) is 53.4 Å². The van der Waals surface area contributed by atoms with Crippen LogP contribution in [0, 0.1) is 0 Å². The third kappa shape index (κ3) is 5.12. The van der Waals surface area contributed by atoms with Crippen LogP contribution in [0.3, 0.4) is 0 Å². The standard InChI is InChI=1S/C20H20N2O5S2/c1-13(23)21-10-9-14-3-6-17(7-4-14)29(25,26)22-16-5-8-18-15(11-16)12-19(28-18)20(24)27-2/h3-8,11-12,22H,9-10H2,1-2H3,(H,21,23). The smallest absolute Gasteiger partial charge is 0.348 e. The second kappa shape index (κ2) is 8.62.